The Morgan fingerprint density at radius 2 is 1.91 bits per heavy atom. The van der Waals surface area contributed by atoms with Crippen LogP contribution in [0, 0.1) is 0 Å². The molecule has 0 saturated heterocycles. The highest BCUT2D eigenvalue weighted by Gasteiger charge is 2.34. The van der Waals surface area contributed by atoms with Crippen LogP contribution < -0.4 is 16.0 Å². The minimum absolute atomic E-state index is 0.00382. The zero-order chi connectivity index (χ0) is 17.5. The van der Waals surface area contributed by atoms with Crippen molar-refractivity contribution in [2.24, 2.45) is 0 Å². The van der Waals surface area contributed by atoms with E-state index in [0.717, 1.165) is 12.1 Å². The summed E-state index contributed by atoms with van der Waals surface area (Å²) in [5.41, 5.74) is -1.44. The molecule has 0 saturated carbocycles. The Bertz CT molecular complexity index is 562. The van der Waals surface area contributed by atoms with Crippen molar-refractivity contribution in [1.82, 2.24) is 5.32 Å². The summed E-state index contributed by atoms with van der Waals surface area (Å²) < 4.78 is 44.0. The monoisotopic (exact) mass is 333 g/mol. The molecule has 0 fully saturated rings. The van der Waals surface area contributed by atoms with Gasteiger partial charge >= 0.3 is 12.2 Å². The van der Waals surface area contributed by atoms with Gasteiger partial charge in [0, 0.05) is 32.9 Å². The summed E-state index contributed by atoms with van der Waals surface area (Å²) in [7, 11) is 1.51. The summed E-state index contributed by atoms with van der Waals surface area (Å²) in [4.78, 5) is 22.5. The van der Waals surface area contributed by atoms with Crippen LogP contribution in [0.2, 0.25) is 0 Å². The molecule has 1 aromatic rings. The largest absolute Gasteiger partial charge is 0.418 e. The van der Waals surface area contributed by atoms with E-state index in [1.54, 1.807) is 0 Å². The Morgan fingerprint density at radius 1 is 1.22 bits per heavy atom. The van der Waals surface area contributed by atoms with Crippen LogP contribution in [0.3, 0.4) is 0 Å². The number of alkyl halides is 3. The second-order valence-electron chi connectivity index (χ2n) is 4.67. The molecule has 0 aromatic heterocycles. The number of urea groups is 1. The molecule has 0 spiro atoms. The third-order valence-corrected chi connectivity index (χ3v) is 2.70. The highest BCUT2D eigenvalue weighted by atomic mass is 19.4. The molecule has 0 bridgehead atoms. The average molecular weight is 333 g/mol. The number of anilines is 2. The zero-order valence-corrected chi connectivity index (χ0v) is 12.7. The van der Waals surface area contributed by atoms with Crippen LogP contribution in [0.25, 0.3) is 0 Å². The van der Waals surface area contributed by atoms with E-state index in [0.29, 0.717) is 13.0 Å². The van der Waals surface area contributed by atoms with Crippen molar-refractivity contribution in [1.29, 1.82) is 0 Å². The summed E-state index contributed by atoms with van der Waals surface area (Å²) in [5.74, 6) is -0.491. The summed E-state index contributed by atoms with van der Waals surface area (Å²) in [6.07, 6.45) is -4.13. The van der Waals surface area contributed by atoms with E-state index in [9.17, 15) is 22.8 Å². The van der Waals surface area contributed by atoms with Crippen molar-refractivity contribution in [3.05, 3.63) is 23.8 Å². The molecule has 0 aliphatic rings. The molecule has 128 valence electrons. The minimum Gasteiger partial charge on any atom is -0.385 e. The third-order valence-electron chi connectivity index (χ3n) is 2.70. The van der Waals surface area contributed by atoms with Gasteiger partial charge in [-0.15, -0.1) is 0 Å². The van der Waals surface area contributed by atoms with Gasteiger partial charge in [-0.05, 0) is 24.6 Å². The third kappa shape index (κ3) is 6.55. The van der Waals surface area contributed by atoms with Crippen molar-refractivity contribution in [2.75, 3.05) is 30.9 Å². The minimum atomic E-state index is -4.67. The first-order chi connectivity index (χ1) is 10.7. The van der Waals surface area contributed by atoms with Crippen LogP contribution in [0.15, 0.2) is 18.2 Å². The molecule has 3 N–H and O–H groups in total. The number of hydrogen-bond acceptors (Lipinski definition) is 3. The Hall–Kier alpha value is -2.29. The lowest BCUT2D eigenvalue weighted by Gasteiger charge is -2.16. The molecule has 3 amide bonds. The van der Waals surface area contributed by atoms with Crippen LogP contribution >= 0.6 is 0 Å². The molecule has 0 aliphatic carbocycles. The second kappa shape index (κ2) is 8.37. The molecular formula is C14H18F3N3O3. The van der Waals surface area contributed by atoms with Crippen LogP contribution in [-0.4, -0.2) is 32.2 Å². The maximum atomic E-state index is 13.1. The van der Waals surface area contributed by atoms with Gasteiger partial charge in [-0.1, -0.05) is 0 Å². The molecule has 0 atom stereocenters. The standard InChI is InChI=1S/C14H18F3N3O3/c1-9(21)19-10-4-5-12(11(8-10)14(15,16)17)20-13(22)18-6-3-7-23-2/h4-5,8H,3,6-7H2,1-2H3,(H,19,21)(H2,18,20,22). The first-order valence-corrected chi connectivity index (χ1v) is 6.76. The molecule has 0 radical (unpaired) electrons. The summed E-state index contributed by atoms with van der Waals surface area (Å²) >= 11 is 0. The molecule has 9 heteroatoms. The van der Waals surface area contributed by atoms with Crippen molar-refractivity contribution in [3.8, 4) is 0 Å². The van der Waals surface area contributed by atoms with Crippen LogP contribution in [0.1, 0.15) is 18.9 Å². The Morgan fingerprint density at radius 3 is 2.48 bits per heavy atom. The molecule has 0 aliphatic heterocycles. The fraction of sp³-hybridized carbons (Fsp3) is 0.429. The topological polar surface area (TPSA) is 79.5 Å². The molecule has 23 heavy (non-hydrogen) atoms. The number of amides is 3. The Labute approximate surface area is 131 Å². The Kier molecular flexibility index (Phi) is 6.83. The zero-order valence-electron chi connectivity index (χ0n) is 12.7. The average Bonchev–Trinajstić information content (AvgIpc) is 2.43. The molecule has 1 rings (SSSR count). The number of benzene rings is 1. The lowest BCUT2D eigenvalue weighted by Crippen LogP contribution is -2.31. The van der Waals surface area contributed by atoms with E-state index in [4.69, 9.17) is 4.74 Å². The van der Waals surface area contributed by atoms with E-state index in [1.807, 2.05) is 0 Å². The highest BCUT2D eigenvalue weighted by Crippen LogP contribution is 2.36. The maximum Gasteiger partial charge on any atom is 0.418 e. The van der Waals surface area contributed by atoms with E-state index in [1.165, 1.54) is 20.1 Å². The number of carbonyl (C=O) groups excluding carboxylic acids is 2. The van der Waals surface area contributed by atoms with Gasteiger partial charge < -0.3 is 20.7 Å². The smallest absolute Gasteiger partial charge is 0.385 e. The lowest BCUT2D eigenvalue weighted by atomic mass is 10.1. The SMILES string of the molecule is COCCCNC(=O)Nc1ccc(NC(C)=O)cc1C(F)(F)F. The molecule has 0 unspecified atom stereocenters. The van der Waals surface area contributed by atoms with Crippen molar-refractivity contribution in [2.45, 2.75) is 19.5 Å². The fourth-order valence-corrected chi connectivity index (χ4v) is 1.75. The summed E-state index contributed by atoms with van der Waals surface area (Å²) in [6, 6.07) is 2.38. The number of methoxy groups -OCH3 is 1. The van der Waals surface area contributed by atoms with Crippen molar-refractivity contribution >= 4 is 23.3 Å². The first-order valence-electron chi connectivity index (χ1n) is 6.76. The predicted octanol–water partition coefficient (Wildman–Crippen LogP) is 2.82. The number of rotatable bonds is 6. The second-order valence-corrected chi connectivity index (χ2v) is 4.67. The number of hydrogen-bond donors (Lipinski definition) is 3. The maximum absolute atomic E-state index is 13.1. The molecule has 1 aromatic carbocycles. The normalized spacial score (nSPS) is 11.0. The molecular weight excluding hydrogens is 315 g/mol. The highest BCUT2D eigenvalue weighted by molar-refractivity contribution is 5.92. The van der Waals surface area contributed by atoms with Crippen LogP contribution in [0.5, 0.6) is 0 Å². The van der Waals surface area contributed by atoms with E-state index >= 15 is 0 Å². The van der Waals surface area contributed by atoms with Crippen molar-refractivity contribution < 1.29 is 27.5 Å². The van der Waals surface area contributed by atoms with Gasteiger partial charge in [0.1, 0.15) is 0 Å². The lowest BCUT2D eigenvalue weighted by molar-refractivity contribution is -0.137. The predicted molar refractivity (Wildman–Crippen MR) is 79.3 cm³/mol. The van der Waals surface area contributed by atoms with Gasteiger partial charge in [-0.25, -0.2) is 4.79 Å². The van der Waals surface area contributed by atoms with E-state index < -0.39 is 29.4 Å². The number of ether oxygens (including phenoxy) is 1. The van der Waals surface area contributed by atoms with Gasteiger partial charge in [0.05, 0.1) is 11.3 Å². The first kappa shape index (κ1) is 18.8. The number of halogens is 3. The fourth-order valence-electron chi connectivity index (χ4n) is 1.75. The van der Waals surface area contributed by atoms with Crippen molar-refractivity contribution in [3.63, 3.8) is 0 Å². The summed E-state index contributed by atoms with van der Waals surface area (Å²) in [5, 5.41) is 6.84. The number of carbonyl (C=O) groups is 2. The van der Waals surface area contributed by atoms with E-state index in [2.05, 4.69) is 16.0 Å². The van der Waals surface area contributed by atoms with Gasteiger partial charge in [-0.3, -0.25) is 4.79 Å². The van der Waals surface area contributed by atoms with Gasteiger partial charge in [0.25, 0.3) is 0 Å². The molecule has 6 nitrogen and oxygen atoms in total. The van der Waals surface area contributed by atoms with Gasteiger partial charge in [0.15, 0.2) is 0 Å². The van der Waals surface area contributed by atoms with E-state index in [-0.39, 0.29) is 12.2 Å². The molecule has 0 heterocycles. The number of nitrogens with one attached hydrogen (secondary N) is 3. The van der Waals surface area contributed by atoms with Crippen LogP contribution in [0.4, 0.5) is 29.3 Å². The van der Waals surface area contributed by atoms with Crippen LogP contribution in [-0.2, 0) is 15.7 Å². The summed E-state index contributed by atoms with van der Waals surface area (Å²) in [6.45, 7) is 1.89. The quantitative estimate of drug-likeness (QED) is 0.701. The van der Waals surface area contributed by atoms with Gasteiger partial charge in [-0.2, -0.15) is 13.2 Å². The van der Waals surface area contributed by atoms with Gasteiger partial charge in [0.2, 0.25) is 5.91 Å². The Balaban J connectivity index is 2.84.